The minimum absolute atomic E-state index is 0.0354. The van der Waals surface area contributed by atoms with Gasteiger partial charge in [0.15, 0.2) is 0 Å². The van der Waals surface area contributed by atoms with Gasteiger partial charge in [-0.1, -0.05) is 12.1 Å². The lowest BCUT2D eigenvalue weighted by Gasteiger charge is -2.09. The molecule has 0 unspecified atom stereocenters. The Morgan fingerprint density at radius 3 is 2.75 bits per heavy atom. The van der Waals surface area contributed by atoms with Crippen molar-refractivity contribution in [2.24, 2.45) is 0 Å². The van der Waals surface area contributed by atoms with E-state index in [1.807, 2.05) is 28.8 Å². The van der Waals surface area contributed by atoms with Crippen molar-refractivity contribution < 1.29 is 4.74 Å². The highest BCUT2D eigenvalue weighted by atomic mass is 16.5. The van der Waals surface area contributed by atoms with E-state index in [1.165, 1.54) is 5.56 Å². The minimum atomic E-state index is 0.0354. The second-order valence-corrected chi connectivity index (χ2v) is 5.13. The maximum absolute atomic E-state index is 12.2. The van der Waals surface area contributed by atoms with Gasteiger partial charge in [0.1, 0.15) is 11.6 Å². The molecular weight excluding hydrogens is 254 g/mol. The van der Waals surface area contributed by atoms with Crippen molar-refractivity contribution in [1.29, 1.82) is 0 Å². The normalized spacial score (nSPS) is 14.1. The maximum Gasteiger partial charge on any atom is 0.345 e. The molecule has 2 heterocycles. The Labute approximate surface area is 117 Å². The largest absolute Gasteiger partial charge is 0.497 e. The summed E-state index contributed by atoms with van der Waals surface area (Å²) in [6.07, 6.45) is 3.94. The van der Waals surface area contributed by atoms with Gasteiger partial charge in [0.25, 0.3) is 0 Å². The highest BCUT2D eigenvalue weighted by Gasteiger charge is 2.16. The minimum Gasteiger partial charge on any atom is -0.497 e. The highest BCUT2D eigenvalue weighted by molar-refractivity contribution is 5.27. The van der Waals surface area contributed by atoms with Crippen LogP contribution in [0, 0.1) is 0 Å². The first-order chi connectivity index (χ1) is 9.78. The standard InChI is InChI=1S/C15H19N3O2/c1-20-13-7-5-12(6-8-13)9-11-18-15(19)17-10-3-2-4-14(17)16-18/h5-8H,2-4,9-11H2,1H3. The third-order valence-corrected chi connectivity index (χ3v) is 3.80. The van der Waals surface area contributed by atoms with Crippen LogP contribution in [-0.4, -0.2) is 21.5 Å². The van der Waals surface area contributed by atoms with E-state index in [9.17, 15) is 4.79 Å². The summed E-state index contributed by atoms with van der Waals surface area (Å²) < 4.78 is 8.55. The van der Waals surface area contributed by atoms with E-state index in [2.05, 4.69) is 5.10 Å². The summed E-state index contributed by atoms with van der Waals surface area (Å²) in [6, 6.07) is 7.94. The Hall–Kier alpha value is -2.04. The predicted molar refractivity (Wildman–Crippen MR) is 76.1 cm³/mol. The molecule has 1 aromatic heterocycles. The van der Waals surface area contributed by atoms with Crippen molar-refractivity contribution in [3.63, 3.8) is 0 Å². The Bertz CT molecular complexity index is 640. The molecule has 3 rings (SSSR count). The fraction of sp³-hybridized carbons (Fsp3) is 0.467. The van der Waals surface area contributed by atoms with Crippen molar-refractivity contribution in [3.8, 4) is 5.75 Å². The zero-order valence-corrected chi connectivity index (χ0v) is 11.7. The summed E-state index contributed by atoms with van der Waals surface area (Å²) in [4.78, 5) is 12.2. The van der Waals surface area contributed by atoms with Crippen LogP contribution < -0.4 is 10.4 Å². The first-order valence-corrected chi connectivity index (χ1v) is 7.07. The average Bonchev–Trinajstić information content (AvgIpc) is 2.83. The van der Waals surface area contributed by atoms with E-state index in [1.54, 1.807) is 11.8 Å². The molecule has 0 bridgehead atoms. The van der Waals surface area contributed by atoms with Crippen molar-refractivity contribution >= 4 is 0 Å². The molecule has 2 aromatic rings. The molecular formula is C15H19N3O2. The summed E-state index contributed by atoms with van der Waals surface area (Å²) in [5.41, 5.74) is 1.22. The van der Waals surface area contributed by atoms with E-state index >= 15 is 0 Å². The smallest absolute Gasteiger partial charge is 0.345 e. The molecule has 1 aliphatic rings. The number of aromatic nitrogens is 3. The predicted octanol–water partition coefficient (Wildman–Crippen LogP) is 1.63. The Kier molecular flexibility index (Phi) is 3.58. The fourth-order valence-corrected chi connectivity index (χ4v) is 2.62. The molecule has 0 aliphatic carbocycles. The van der Waals surface area contributed by atoms with Gasteiger partial charge in [-0.15, -0.1) is 0 Å². The SMILES string of the molecule is COc1ccc(CCn2nc3n(c2=O)CCCC3)cc1. The average molecular weight is 273 g/mol. The van der Waals surface area contributed by atoms with Gasteiger partial charge in [0.2, 0.25) is 0 Å². The van der Waals surface area contributed by atoms with Crippen LogP contribution >= 0.6 is 0 Å². The number of aryl methyl sites for hydroxylation is 3. The van der Waals surface area contributed by atoms with Crippen LogP contribution in [0.1, 0.15) is 24.2 Å². The van der Waals surface area contributed by atoms with E-state index in [4.69, 9.17) is 4.74 Å². The lowest BCUT2D eigenvalue weighted by atomic mass is 10.1. The molecule has 0 saturated heterocycles. The first kappa shape index (κ1) is 13.0. The molecule has 0 N–H and O–H groups in total. The molecule has 1 aliphatic heterocycles. The lowest BCUT2D eigenvalue weighted by Crippen LogP contribution is -2.27. The van der Waals surface area contributed by atoms with Gasteiger partial charge >= 0.3 is 5.69 Å². The van der Waals surface area contributed by atoms with Gasteiger partial charge in [0, 0.05) is 13.0 Å². The number of fused-ring (bicyclic) bond motifs is 1. The number of ether oxygens (including phenoxy) is 1. The summed E-state index contributed by atoms with van der Waals surface area (Å²) in [6.45, 7) is 1.45. The number of methoxy groups -OCH3 is 1. The zero-order valence-electron chi connectivity index (χ0n) is 11.7. The molecule has 20 heavy (non-hydrogen) atoms. The molecule has 0 fully saturated rings. The number of hydrogen-bond donors (Lipinski definition) is 0. The van der Waals surface area contributed by atoms with Gasteiger partial charge in [-0.05, 0) is 37.0 Å². The molecule has 0 saturated carbocycles. The van der Waals surface area contributed by atoms with E-state index < -0.39 is 0 Å². The summed E-state index contributed by atoms with van der Waals surface area (Å²) >= 11 is 0. The Morgan fingerprint density at radius 1 is 1.25 bits per heavy atom. The second kappa shape index (κ2) is 5.53. The van der Waals surface area contributed by atoms with Gasteiger partial charge in [-0.2, -0.15) is 5.10 Å². The number of hydrogen-bond acceptors (Lipinski definition) is 3. The number of nitrogens with zero attached hydrogens (tertiary/aromatic N) is 3. The maximum atomic E-state index is 12.2. The van der Waals surface area contributed by atoms with Crippen LogP contribution in [-0.2, 0) is 25.9 Å². The highest BCUT2D eigenvalue weighted by Crippen LogP contribution is 2.12. The molecule has 0 atom stereocenters. The first-order valence-electron chi connectivity index (χ1n) is 7.07. The topological polar surface area (TPSA) is 49.0 Å². The second-order valence-electron chi connectivity index (χ2n) is 5.13. The van der Waals surface area contributed by atoms with Gasteiger partial charge in [0.05, 0.1) is 13.7 Å². The summed E-state index contributed by atoms with van der Waals surface area (Å²) in [5.74, 6) is 1.79. The summed E-state index contributed by atoms with van der Waals surface area (Å²) in [5, 5.41) is 4.44. The van der Waals surface area contributed by atoms with Crippen molar-refractivity contribution in [3.05, 3.63) is 46.1 Å². The van der Waals surface area contributed by atoms with Crippen molar-refractivity contribution in [2.75, 3.05) is 7.11 Å². The van der Waals surface area contributed by atoms with Crippen LogP contribution in [0.3, 0.4) is 0 Å². The van der Waals surface area contributed by atoms with Gasteiger partial charge in [-0.3, -0.25) is 4.57 Å². The number of benzene rings is 1. The third kappa shape index (κ3) is 2.48. The van der Waals surface area contributed by atoms with Crippen LogP contribution in [0.2, 0.25) is 0 Å². The monoisotopic (exact) mass is 273 g/mol. The summed E-state index contributed by atoms with van der Waals surface area (Å²) in [7, 11) is 1.66. The molecule has 0 radical (unpaired) electrons. The Balaban J connectivity index is 1.71. The zero-order chi connectivity index (χ0) is 13.9. The Morgan fingerprint density at radius 2 is 2.05 bits per heavy atom. The molecule has 106 valence electrons. The van der Waals surface area contributed by atoms with Crippen LogP contribution in [0.4, 0.5) is 0 Å². The molecule has 5 heteroatoms. The lowest BCUT2D eigenvalue weighted by molar-refractivity contribution is 0.414. The molecule has 1 aromatic carbocycles. The molecule has 0 amide bonds. The van der Waals surface area contributed by atoms with Crippen LogP contribution in [0.5, 0.6) is 5.75 Å². The van der Waals surface area contributed by atoms with Crippen LogP contribution in [0.15, 0.2) is 29.1 Å². The third-order valence-electron chi connectivity index (χ3n) is 3.80. The van der Waals surface area contributed by atoms with Crippen molar-refractivity contribution in [2.45, 2.75) is 38.8 Å². The van der Waals surface area contributed by atoms with Crippen molar-refractivity contribution in [1.82, 2.24) is 14.3 Å². The van der Waals surface area contributed by atoms with E-state index in [-0.39, 0.29) is 5.69 Å². The number of rotatable bonds is 4. The van der Waals surface area contributed by atoms with E-state index in [0.29, 0.717) is 6.54 Å². The van der Waals surface area contributed by atoms with Crippen LogP contribution in [0.25, 0.3) is 0 Å². The molecule has 5 nitrogen and oxygen atoms in total. The van der Waals surface area contributed by atoms with E-state index in [0.717, 1.165) is 43.8 Å². The van der Waals surface area contributed by atoms with Gasteiger partial charge in [-0.25, -0.2) is 9.48 Å². The molecule has 0 spiro atoms. The van der Waals surface area contributed by atoms with Gasteiger partial charge < -0.3 is 4.74 Å². The fourth-order valence-electron chi connectivity index (χ4n) is 2.62. The quantitative estimate of drug-likeness (QED) is 0.850.